The number of aryl methyl sites for hydroxylation is 1. The van der Waals surface area contributed by atoms with Crippen molar-refractivity contribution >= 4 is 17.5 Å². The van der Waals surface area contributed by atoms with E-state index in [1.165, 1.54) is 11.2 Å². The molecule has 3 rings (SSSR count). The van der Waals surface area contributed by atoms with Gasteiger partial charge in [0.05, 0.1) is 13.4 Å². The van der Waals surface area contributed by atoms with E-state index < -0.39 is 0 Å². The number of hydrogen-bond donors (Lipinski definition) is 0. The summed E-state index contributed by atoms with van der Waals surface area (Å²) in [7, 11) is 3.23. The number of amides is 2. The fraction of sp³-hybridized carbons (Fsp3) is 0.333. The molecule has 2 heterocycles. The van der Waals surface area contributed by atoms with Crippen LogP contribution in [0.3, 0.4) is 0 Å². The number of likely N-dealkylation sites (N-methyl/N-ethyl adjacent to an activating group) is 1. The van der Waals surface area contributed by atoms with E-state index >= 15 is 0 Å². The summed E-state index contributed by atoms with van der Waals surface area (Å²) in [5.41, 5.74) is 1.99. The van der Waals surface area contributed by atoms with Crippen LogP contribution >= 0.6 is 0 Å². The van der Waals surface area contributed by atoms with Gasteiger partial charge in [-0.25, -0.2) is 0 Å². The zero-order valence-corrected chi connectivity index (χ0v) is 13.8. The zero-order chi connectivity index (χ0) is 17.1. The van der Waals surface area contributed by atoms with Crippen molar-refractivity contribution in [3.8, 4) is 5.75 Å². The van der Waals surface area contributed by atoms with Crippen LogP contribution in [0.15, 0.2) is 41.0 Å². The number of hydrogen-bond acceptors (Lipinski definition) is 4. The molecule has 1 aromatic heterocycles. The summed E-state index contributed by atoms with van der Waals surface area (Å²) in [5, 5.41) is 0. The molecule has 1 aliphatic heterocycles. The topological polar surface area (TPSA) is 63.0 Å². The van der Waals surface area contributed by atoms with Crippen LogP contribution in [0.25, 0.3) is 0 Å². The van der Waals surface area contributed by atoms with Gasteiger partial charge in [0.1, 0.15) is 12.3 Å². The lowest BCUT2D eigenvalue weighted by Crippen LogP contribution is -2.43. The van der Waals surface area contributed by atoms with Gasteiger partial charge in [-0.3, -0.25) is 9.59 Å². The van der Waals surface area contributed by atoms with Gasteiger partial charge in [0.2, 0.25) is 5.91 Å². The molecule has 0 fully saturated rings. The van der Waals surface area contributed by atoms with Crippen LogP contribution < -0.4 is 9.64 Å². The van der Waals surface area contributed by atoms with Crippen molar-refractivity contribution in [2.75, 3.05) is 32.1 Å². The number of furan rings is 1. The molecule has 1 aromatic carbocycles. The lowest BCUT2D eigenvalue weighted by molar-refractivity contribution is -0.119. The second kappa shape index (κ2) is 6.78. The lowest BCUT2D eigenvalue weighted by Gasteiger charge is -2.31. The summed E-state index contributed by atoms with van der Waals surface area (Å²) >= 11 is 0. The number of methoxy groups -OCH3 is 1. The van der Waals surface area contributed by atoms with E-state index in [4.69, 9.17) is 9.15 Å². The Labute approximate surface area is 140 Å². The molecule has 1 aliphatic rings. The summed E-state index contributed by atoms with van der Waals surface area (Å²) in [6.45, 7) is 0.659. The van der Waals surface area contributed by atoms with Crippen molar-refractivity contribution in [1.82, 2.24) is 4.90 Å². The normalized spacial score (nSPS) is 13.3. The number of rotatable bonds is 4. The highest BCUT2D eigenvalue weighted by Gasteiger charge is 2.25. The third-order valence-electron chi connectivity index (χ3n) is 4.16. The predicted octanol–water partition coefficient (Wildman–Crippen LogP) is 2.34. The first-order valence-corrected chi connectivity index (χ1v) is 7.86. The minimum atomic E-state index is -0.305. The van der Waals surface area contributed by atoms with E-state index in [-0.39, 0.29) is 24.1 Å². The number of fused-ring (bicyclic) bond motifs is 1. The Morgan fingerprint density at radius 3 is 2.88 bits per heavy atom. The van der Waals surface area contributed by atoms with Gasteiger partial charge in [0, 0.05) is 19.3 Å². The van der Waals surface area contributed by atoms with Crippen LogP contribution in [-0.4, -0.2) is 44.0 Å². The summed E-state index contributed by atoms with van der Waals surface area (Å²) in [6, 6.07) is 8.96. The maximum Gasteiger partial charge on any atom is 0.289 e. The van der Waals surface area contributed by atoms with Crippen LogP contribution in [0, 0.1) is 0 Å². The van der Waals surface area contributed by atoms with Gasteiger partial charge >= 0.3 is 0 Å². The molecule has 0 radical (unpaired) electrons. The first-order valence-electron chi connectivity index (χ1n) is 7.86. The molecule has 24 heavy (non-hydrogen) atoms. The molecule has 0 bridgehead atoms. The highest BCUT2D eigenvalue weighted by atomic mass is 16.5. The van der Waals surface area contributed by atoms with Crippen molar-refractivity contribution in [1.29, 1.82) is 0 Å². The second-order valence-electron chi connectivity index (χ2n) is 5.78. The van der Waals surface area contributed by atoms with E-state index in [9.17, 15) is 9.59 Å². The molecule has 0 saturated carbocycles. The summed E-state index contributed by atoms with van der Waals surface area (Å²) < 4.78 is 10.3. The minimum Gasteiger partial charge on any atom is -0.497 e. The Balaban J connectivity index is 1.73. The molecule has 0 unspecified atom stereocenters. The summed E-state index contributed by atoms with van der Waals surface area (Å²) in [5.74, 6) is 0.603. The van der Waals surface area contributed by atoms with Gasteiger partial charge in [0.15, 0.2) is 5.76 Å². The van der Waals surface area contributed by atoms with E-state index in [1.807, 2.05) is 18.2 Å². The molecule has 0 aliphatic carbocycles. The standard InChI is InChI=1S/C18H20N2O4/c1-19(18(22)16-6-4-10-24-16)12-17(21)20-9-3-5-13-11-14(23-2)7-8-15(13)20/h4,6-8,10-11H,3,5,9,12H2,1-2H3. The number of nitrogens with zero attached hydrogens (tertiary/aromatic N) is 2. The molecule has 6 heteroatoms. The molecule has 126 valence electrons. The average molecular weight is 328 g/mol. The number of benzene rings is 1. The summed E-state index contributed by atoms with van der Waals surface area (Å²) in [6.07, 6.45) is 3.25. The summed E-state index contributed by atoms with van der Waals surface area (Å²) in [4.78, 5) is 28.0. The quantitative estimate of drug-likeness (QED) is 0.864. The van der Waals surface area contributed by atoms with Gasteiger partial charge < -0.3 is 19.0 Å². The molecule has 0 saturated heterocycles. The van der Waals surface area contributed by atoms with Gasteiger partial charge in [-0.15, -0.1) is 0 Å². The predicted molar refractivity (Wildman–Crippen MR) is 89.3 cm³/mol. The van der Waals surface area contributed by atoms with Crippen molar-refractivity contribution < 1.29 is 18.7 Å². The van der Waals surface area contributed by atoms with E-state index in [1.54, 1.807) is 31.2 Å². The fourth-order valence-electron chi connectivity index (χ4n) is 2.91. The Bertz CT molecular complexity index is 739. The highest BCUT2D eigenvalue weighted by Crippen LogP contribution is 2.30. The molecule has 0 spiro atoms. The first kappa shape index (κ1) is 16.1. The number of ether oxygens (including phenoxy) is 1. The Kier molecular flexibility index (Phi) is 4.55. The lowest BCUT2D eigenvalue weighted by atomic mass is 10.0. The van der Waals surface area contributed by atoms with Crippen molar-refractivity contribution in [2.24, 2.45) is 0 Å². The van der Waals surface area contributed by atoms with E-state index in [2.05, 4.69) is 0 Å². The third-order valence-corrected chi connectivity index (χ3v) is 4.16. The van der Waals surface area contributed by atoms with Crippen LogP contribution in [0.2, 0.25) is 0 Å². The molecule has 2 aromatic rings. The fourth-order valence-corrected chi connectivity index (χ4v) is 2.91. The molecular weight excluding hydrogens is 308 g/mol. The number of anilines is 1. The van der Waals surface area contributed by atoms with Crippen molar-refractivity contribution in [3.05, 3.63) is 47.9 Å². The largest absolute Gasteiger partial charge is 0.497 e. The molecule has 0 N–H and O–H groups in total. The number of carbonyl (C=O) groups excluding carboxylic acids is 2. The maximum atomic E-state index is 12.7. The van der Waals surface area contributed by atoms with Crippen LogP contribution in [-0.2, 0) is 11.2 Å². The number of carbonyl (C=O) groups is 2. The van der Waals surface area contributed by atoms with Gasteiger partial charge in [-0.1, -0.05) is 0 Å². The first-order chi connectivity index (χ1) is 11.6. The maximum absolute atomic E-state index is 12.7. The smallest absolute Gasteiger partial charge is 0.289 e. The van der Waals surface area contributed by atoms with Crippen LogP contribution in [0.4, 0.5) is 5.69 Å². The molecule has 0 atom stereocenters. The third kappa shape index (κ3) is 3.13. The van der Waals surface area contributed by atoms with Gasteiger partial charge in [-0.2, -0.15) is 0 Å². The molecular formula is C18H20N2O4. The second-order valence-corrected chi connectivity index (χ2v) is 5.78. The monoisotopic (exact) mass is 328 g/mol. The minimum absolute atomic E-state index is 0.00496. The highest BCUT2D eigenvalue weighted by molar-refractivity contribution is 6.00. The van der Waals surface area contributed by atoms with E-state index in [0.717, 1.165) is 29.8 Å². The average Bonchev–Trinajstić information content (AvgIpc) is 3.14. The van der Waals surface area contributed by atoms with Crippen molar-refractivity contribution in [2.45, 2.75) is 12.8 Å². The Hall–Kier alpha value is -2.76. The molecule has 6 nitrogen and oxygen atoms in total. The van der Waals surface area contributed by atoms with Gasteiger partial charge in [-0.05, 0) is 48.7 Å². The Morgan fingerprint density at radius 1 is 1.33 bits per heavy atom. The van der Waals surface area contributed by atoms with Crippen LogP contribution in [0.1, 0.15) is 22.5 Å². The Morgan fingerprint density at radius 2 is 2.17 bits per heavy atom. The van der Waals surface area contributed by atoms with Crippen molar-refractivity contribution in [3.63, 3.8) is 0 Å². The SMILES string of the molecule is COc1ccc2c(c1)CCCN2C(=O)CN(C)C(=O)c1ccco1. The van der Waals surface area contributed by atoms with Gasteiger partial charge in [0.25, 0.3) is 5.91 Å². The molecule has 2 amide bonds. The van der Waals surface area contributed by atoms with Crippen LogP contribution in [0.5, 0.6) is 5.75 Å². The zero-order valence-electron chi connectivity index (χ0n) is 13.8. The van der Waals surface area contributed by atoms with E-state index in [0.29, 0.717) is 6.54 Å².